The number of hydrogen-bond acceptors (Lipinski definition) is 4. The molecule has 0 radical (unpaired) electrons. The van der Waals surface area contributed by atoms with Crippen molar-refractivity contribution in [2.45, 2.75) is 0 Å². The number of benzene rings is 1. The van der Waals surface area contributed by atoms with Crippen LogP contribution in [0, 0.1) is 0 Å². The molecule has 2 aromatic heterocycles. The van der Waals surface area contributed by atoms with E-state index >= 15 is 0 Å². The lowest BCUT2D eigenvalue weighted by atomic mass is 9.98. The Morgan fingerprint density at radius 3 is 2.44 bits per heavy atom. The van der Waals surface area contributed by atoms with Gasteiger partial charge in [-0.1, -0.05) is 18.2 Å². The molecule has 1 aromatic carbocycles. The summed E-state index contributed by atoms with van der Waals surface area (Å²) in [7, 11) is 5.84. The third-order valence-electron chi connectivity index (χ3n) is 4.39. The van der Waals surface area contributed by atoms with Crippen LogP contribution in [-0.4, -0.2) is 59.9 Å². The number of rotatable bonds is 6. The van der Waals surface area contributed by atoms with Gasteiger partial charge >= 0.3 is 0 Å². The van der Waals surface area contributed by atoms with Gasteiger partial charge in [0.1, 0.15) is 0 Å². The smallest absolute Gasteiger partial charge is 0.253 e. The first-order valence-electron chi connectivity index (χ1n) is 8.92. The molecule has 0 atom stereocenters. The van der Waals surface area contributed by atoms with Crippen LogP contribution in [0.2, 0.25) is 0 Å². The van der Waals surface area contributed by atoms with Gasteiger partial charge in [-0.3, -0.25) is 14.8 Å². The molecule has 5 nitrogen and oxygen atoms in total. The van der Waals surface area contributed by atoms with Gasteiger partial charge in [-0.2, -0.15) is 0 Å². The highest BCUT2D eigenvalue weighted by molar-refractivity contribution is 5.96. The van der Waals surface area contributed by atoms with Gasteiger partial charge in [0.05, 0.1) is 5.69 Å². The van der Waals surface area contributed by atoms with Crippen LogP contribution in [0.4, 0.5) is 0 Å². The fourth-order valence-electron chi connectivity index (χ4n) is 2.86. The summed E-state index contributed by atoms with van der Waals surface area (Å²) in [5.74, 6) is 0.0190. The zero-order valence-corrected chi connectivity index (χ0v) is 16.0. The van der Waals surface area contributed by atoms with Crippen LogP contribution < -0.4 is 0 Å². The Kier molecular flexibility index (Phi) is 5.94. The highest BCUT2D eigenvalue weighted by Gasteiger charge is 2.14. The van der Waals surface area contributed by atoms with Gasteiger partial charge in [0.25, 0.3) is 5.91 Å². The monoisotopic (exact) mass is 360 g/mol. The van der Waals surface area contributed by atoms with Crippen molar-refractivity contribution in [1.29, 1.82) is 0 Å². The number of amides is 1. The minimum absolute atomic E-state index is 0.0190. The largest absolute Gasteiger partial charge is 0.340 e. The Hall–Kier alpha value is -3.05. The van der Waals surface area contributed by atoms with Crippen LogP contribution in [0.15, 0.2) is 67.1 Å². The van der Waals surface area contributed by atoms with E-state index in [1.807, 2.05) is 69.7 Å². The predicted molar refractivity (Wildman–Crippen MR) is 108 cm³/mol. The zero-order valence-electron chi connectivity index (χ0n) is 16.0. The molecule has 0 aliphatic rings. The average Bonchev–Trinajstić information content (AvgIpc) is 2.72. The molecular formula is C22H24N4O. The molecule has 3 aromatic rings. The molecule has 0 unspecified atom stereocenters. The molecule has 27 heavy (non-hydrogen) atoms. The maximum atomic E-state index is 12.8. The van der Waals surface area contributed by atoms with Crippen LogP contribution in [0.1, 0.15) is 10.4 Å². The third kappa shape index (κ3) is 4.57. The van der Waals surface area contributed by atoms with E-state index in [9.17, 15) is 4.79 Å². The van der Waals surface area contributed by atoms with Crippen molar-refractivity contribution in [3.8, 4) is 22.4 Å². The lowest BCUT2D eigenvalue weighted by Crippen LogP contribution is -2.33. The van der Waals surface area contributed by atoms with Crippen LogP contribution in [0.3, 0.4) is 0 Å². The number of pyridine rings is 2. The molecular weight excluding hydrogens is 336 g/mol. The average molecular weight is 360 g/mol. The summed E-state index contributed by atoms with van der Waals surface area (Å²) < 4.78 is 0. The minimum atomic E-state index is 0.0190. The zero-order chi connectivity index (χ0) is 19.2. The van der Waals surface area contributed by atoms with Gasteiger partial charge in [0, 0.05) is 55.4 Å². The van der Waals surface area contributed by atoms with Crippen LogP contribution >= 0.6 is 0 Å². The number of nitrogens with zero attached hydrogens (tertiary/aromatic N) is 4. The SMILES string of the molecule is CN(C)CCN(C)C(=O)c1cccc(-c2cccnc2-c2cccnc2)c1. The second kappa shape index (κ2) is 8.56. The maximum absolute atomic E-state index is 12.8. The standard InChI is InChI=1S/C22H24N4O/c1-25(2)13-14-26(3)22(27)18-8-4-7-17(15-18)20-10-6-12-24-21(20)19-9-5-11-23-16-19/h4-12,15-16H,13-14H2,1-3H3. The minimum Gasteiger partial charge on any atom is -0.340 e. The van der Waals surface area contributed by atoms with E-state index < -0.39 is 0 Å². The summed E-state index contributed by atoms with van der Waals surface area (Å²) >= 11 is 0. The van der Waals surface area contributed by atoms with Crippen LogP contribution in [0.25, 0.3) is 22.4 Å². The fraction of sp³-hybridized carbons (Fsp3) is 0.227. The van der Waals surface area contributed by atoms with E-state index in [2.05, 4.69) is 14.9 Å². The summed E-state index contributed by atoms with van der Waals surface area (Å²) in [5, 5.41) is 0. The molecule has 2 heterocycles. The van der Waals surface area contributed by atoms with Crippen molar-refractivity contribution < 1.29 is 4.79 Å². The summed E-state index contributed by atoms with van der Waals surface area (Å²) in [4.78, 5) is 25.3. The molecule has 0 fully saturated rings. The number of carbonyl (C=O) groups excluding carboxylic acids is 1. The first-order valence-corrected chi connectivity index (χ1v) is 8.92. The Bertz CT molecular complexity index is 909. The van der Waals surface area contributed by atoms with E-state index in [0.29, 0.717) is 12.1 Å². The lowest BCUT2D eigenvalue weighted by molar-refractivity contribution is 0.0786. The van der Waals surface area contributed by atoms with E-state index in [1.54, 1.807) is 23.5 Å². The Balaban J connectivity index is 1.92. The van der Waals surface area contributed by atoms with E-state index in [-0.39, 0.29) is 5.91 Å². The van der Waals surface area contributed by atoms with Gasteiger partial charge < -0.3 is 9.80 Å². The Morgan fingerprint density at radius 1 is 0.926 bits per heavy atom. The maximum Gasteiger partial charge on any atom is 0.253 e. The molecule has 0 bridgehead atoms. The number of aromatic nitrogens is 2. The molecule has 0 N–H and O–H groups in total. The summed E-state index contributed by atoms with van der Waals surface area (Å²) in [5.41, 5.74) is 4.43. The highest BCUT2D eigenvalue weighted by Crippen LogP contribution is 2.30. The van der Waals surface area contributed by atoms with Crippen molar-refractivity contribution in [1.82, 2.24) is 19.8 Å². The Labute approximate surface area is 160 Å². The highest BCUT2D eigenvalue weighted by atomic mass is 16.2. The van der Waals surface area contributed by atoms with Crippen molar-refractivity contribution in [3.63, 3.8) is 0 Å². The molecule has 3 rings (SSSR count). The second-order valence-electron chi connectivity index (χ2n) is 6.75. The third-order valence-corrected chi connectivity index (χ3v) is 4.39. The fourth-order valence-corrected chi connectivity index (χ4v) is 2.86. The topological polar surface area (TPSA) is 49.3 Å². The van der Waals surface area contributed by atoms with Gasteiger partial charge in [0.15, 0.2) is 0 Å². The summed E-state index contributed by atoms with van der Waals surface area (Å²) in [6.45, 7) is 1.51. The number of hydrogen-bond donors (Lipinski definition) is 0. The quantitative estimate of drug-likeness (QED) is 0.676. The first-order chi connectivity index (χ1) is 13.1. The molecule has 0 saturated heterocycles. The molecule has 0 aliphatic heterocycles. The van der Waals surface area contributed by atoms with Crippen molar-refractivity contribution >= 4 is 5.91 Å². The molecule has 5 heteroatoms. The van der Waals surface area contributed by atoms with Gasteiger partial charge in [0.2, 0.25) is 0 Å². The lowest BCUT2D eigenvalue weighted by Gasteiger charge is -2.20. The van der Waals surface area contributed by atoms with Gasteiger partial charge in [-0.05, 0) is 50.0 Å². The normalized spacial score (nSPS) is 10.8. The summed E-state index contributed by atoms with van der Waals surface area (Å²) in [6.07, 6.45) is 5.32. The van der Waals surface area contributed by atoms with E-state index in [0.717, 1.165) is 28.9 Å². The van der Waals surface area contributed by atoms with Gasteiger partial charge in [-0.25, -0.2) is 0 Å². The summed E-state index contributed by atoms with van der Waals surface area (Å²) in [6, 6.07) is 15.5. The number of likely N-dealkylation sites (N-methyl/N-ethyl adjacent to an activating group) is 2. The van der Waals surface area contributed by atoms with Crippen molar-refractivity contribution in [2.75, 3.05) is 34.2 Å². The first kappa shape index (κ1) is 18.7. The van der Waals surface area contributed by atoms with E-state index in [4.69, 9.17) is 0 Å². The number of carbonyl (C=O) groups is 1. The second-order valence-corrected chi connectivity index (χ2v) is 6.75. The van der Waals surface area contributed by atoms with Crippen LogP contribution in [0.5, 0.6) is 0 Å². The van der Waals surface area contributed by atoms with Crippen LogP contribution in [-0.2, 0) is 0 Å². The molecule has 0 spiro atoms. The van der Waals surface area contributed by atoms with Crippen molar-refractivity contribution in [3.05, 3.63) is 72.7 Å². The van der Waals surface area contributed by atoms with E-state index in [1.165, 1.54) is 0 Å². The molecule has 0 aliphatic carbocycles. The van der Waals surface area contributed by atoms with Gasteiger partial charge in [-0.15, -0.1) is 0 Å². The molecule has 0 saturated carbocycles. The molecule has 138 valence electrons. The predicted octanol–water partition coefficient (Wildman–Crippen LogP) is 3.44. The molecule has 1 amide bonds. The Morgan fingerprint density at radius 2 is 1.70 bits per heavy atom. The van der Waals surface area contributed by atoms with Crippen molar-refractivity contribution in [2.24, 2.45) is 0 Å².